The van der Waals surface area contributed by atoms with Gasteiger partial charge in [0, 0.05) is 25.2 Å². The summed E-state index contributed by atoms with van der Waals surface area (Å²) in [6, 6.07) is 12.4. The third kappa shape index (κ3) is 3.36. The third-order valence-electron chi connectivity index (χ3n) is 5.40. The third-order valence-corrected chi connectivity index (χ3v) is 5.40. The first-order valence-corrected chi connectivity index (χ1v) is 9.76. The molecule has 0 amide bonds. The summed E-state index contributed by atoms with van der Waals surface area (Å²) in [4.78, 5) is 17.4. The maximum atomic E-state index is 13.3. The number of fused-ring (bicyclic) bond motifs is 1. The molecule has 0 radical (unpaired) electrons. The van der Waals surface area contributed by atoms with Crippen LogP contribution in [0, 0.1) is 11.6 Å². The van der Waals surface area contributed by atoms with Crippen LogP contribution in [0.15, 0.2) is 59.5 Å². The second-order valence-corrected chi connectivity index (χ2v) is 7.58. The highest BCUT2D eigenvalue weighted by Gasteiger charge is 2.28. The lowest BCUT2D eigenvalue weighted by atomic mass is 10.2. The lowest BCUT2D eigenvalue weighted by Crippen LogP contribution is -2.16. The zero-order valence-electron chi connectivity index (χ0n) is 16.3. The maximum Gasteiger partial charge on any atom is 0.258 e. The first-order valence-electron chi connectivity index (χ1n) is 9.76. The van der Waals surface area contributed by atoms with E-state index in [4.69, 9.17) is 9.72 Å². The van der Waals surface area contributed by atoms with E-state index in [1.165, 1.54) is 29.5 Å². The summed E-state index contributed by atoms with van der Waals surface area (Å²) in [5.41, 5.74) is 2.88. The van der Waals surface area contributed by atoms with Crippen molar-refractivity contribution in [1.29, 1.82) is 0 Å². The summed E-state index contributed by atoms with van der Waals surface area (Å²) < 4.78 is 35.5. The Morgan fingerprint density at radius 3 is 2.63 bits per heavy atom. The summed E-state index contributed by atoms with van der Waals surface area (Å²) in [7, 11) is 2.00. The van der Waals surface area contributed by atoms with Crippen molar-refractivity contribution in [2.24, 2.45) is 7.05 Å². The largest absolute Gasteiger partial charge is 0.489 e. The van der Waals surface area contributed by atoms with Crippen molar-refractivity contribution < 1.29 is 13.5 Å². The number of hydrogen-bond donors (Lipinski definition) is 0. The number of pyridine rings is 1. The summed E-state index contributed by atoms with van der Waals surface area (Å²) in [5, 5.41) is 0. The fraction of sp³-hybridized carbons (Fsp3) is 0.217. The molecule has 0 N–H and O–H groups in total. The lowest BCUT2D eigenvalue weighted by Gasteiger charge is -2.10. The zero-order valence-corrected chi connectivity index (χ0v) is 16.3. The molecule has 1 aliphatic rings. The average Bonchev–Trinajstić information content (AvgIpc) is 3.53. The van der Waals surface area contributed by atoms with Crippen LogP contribution < -0.4 is 10.3 Å². The number of imidazole rings is 1. The number of aryl methyl sites for hydroxylation is 1. The van der Waals surface area contributed by atoms with Crippen molar-refractivity contribution >= 4 is 11.0 Å². The standard InChI is InChI=1S/C23H19F2N3O2/c1-27-21-11-16(5-7-20(21)26-23(27)15-3-4-15)28-9-8-17(12-22(28)29)30-13-14-2-6-18(24)19(25)10-14/h2,5-12,15H,3-4,13H2,1H3. The van der Waals surface area contributed by atoms with E-state index in [2.05, 4.69) is 4.57 Å². The first kappa shape index (κ1) is 18.5. The van der Waals surface area contributed by atoms with Crippen LogP contribution in [0.3, 0.4) is 0 Å². The zero-order chi connectivity index (χ0) is 20.8. The monoisotopic (exact) mass is 407 g/mol. The predicted molar refractivity (Wildman–Crippen MR) is 109 cm³/mol. The molecule has 1 aliphatic carbocycles. The number of benzene rings is 2. The minimum atomic E-state index is -0.929. The van der Waals surface area contributed by atoms with Crippen LogP contribution in [-0.2, 0) is 13.7 Å². The lowest BCUT2D eigenvalue weighted by molar-refractivity contribution is 0.304. The molecule has 30 heavy (non-hydrogen) atoms. The van der Waals surface area contributed by atoms with Gasteiger partial charge in [0.1, 0.15) is 18.2 Å². The Hall–Kier alpha value is -3.48. The molecule has 0 aliphatic heterocycles. The van der Waals surface area contributed by atoms with Gasteiger partial charge in [-0.1, -0.05) is 6.07 Å². The molecule has 0 atom stereocenters. The minimum absolute atomic E-state index is 0.0333. The number of aromatic nitrogens is 3. The van der Waals surface area contributed by atoms with E-state index in [1.54, 1.807) is 12.3 Å². The molecule has 7 heteroatoms. The quantitative estimate of drug-likeness (QED) is 0.491. The Kier molecular flexibility index (Phi) is 4.38. The molecule has 5 rings (SSSR count). The Morgan fingerprint density at radius 1 is 1.07 bits per heavy atom. The average molecular weight is 407 g/mol. The Bertz CT molecular complexity index is 1320. The van der Waals surface area contributed by atoms with Gasteiger partial charge in [0.25, 0.3) is 5.56 Å². The molecule has 1 saturated carbocycles. The molecule has 2 aromatic carbocycles. The normalized spacial score (nSPS) is 13.7. The molecular formula is C23H19F2N3O2. The maximum absolute atomic E-state index is 13.3. The van der Waals surface area contributed by atoms with Crippen LogP contribution in [0.2, 0.25) is 0 Å². The van der Waals surface area contributed by atoms with Gasteiger partial charge >= 0.3 is 0 Å². The van der Waals surface area contributed by atoms with Gasteiger partial charge in [0.15, 0.2) is 11.6 Å². The second kappa shape index (κ2) is 7.09. The van der Waals surface area contributed by atoms with Crippen molar-refractivity contribution in [3.63, 3.8) is 0 Å². The molecule has 5 nitrogen and oxygen atoms in total. The van der Waals surface area contributed by atoms with Crippen molar-refractivity contribution in [1.82, 2.24) is 14.1 Å². The van der Waals surface area contributed by atoms with Crippen LogP contribution in [0.4, 0.5) is 8.78 Å². The number of rotatable bonds is 5. The van der Waals surface area contributed by atoms with Gasteiger partial charge in [-0.15, -0.1) is 0 Å². The Balaban J connectivity index is 1.39. The topological polar surface area (TPSA) is 49.0 Å². The molecule has 0 spiro atoms. The van der Waals surface area contributed by atoms with Gasteiger partial charge in [0.05, 0.1) is 16.7 Å². The first-order chi connectivity index (χ1) is 14.5. The van der Waals surface area contributed by atoms with Crippen LogP contribution in [0.25, 0.3) is 16.7 Å². The summed E-state index contributed by atoms with van der Waals surface area (Å²) in [6.07, 6.45) is 3.99. The highest BCUT2D eigenvalue weighted by Crippen LogP contribution is 2.40. The van der Waals surface area contributed by atoms with Gasteiger partial charge in [-0.25, -0.2) is 13.8 Å². The number of ether oxygens (including phenoxy) is 1. The summed E-state index contributed by atoms with van der Waals surface area (Å²) in [6.45, 7) is 0.0333. The molecular weight excluding hydrogens is 388 g/mol. The van der Waals surface area contributed by atoms with Crippen LogP contribution >= 0.6 is 0 Å². The highest BCUT2D eigenvalue weighted by molar-refractivity contribution is 5.78. The van der Waals surface area contributed by atoms with E-state index in [0.29, 0.717) is 17.2 Å². The number of nitrogens with zero attached hydrogens (tertiary/aromatic N) is 3. The smallest absolute Gasteiger partial charge is 0.258 e. The van der Waals surface area contributed by atoms with E-state index in [0.717, 1.165) is 34.7 Å². The fourth-order valence-corrected chi connectivity index (χ4v) is 3.61. The molecule has 0 unspecified atom stereocenters. The van der Waals surface area contributed by atoms with Gasteiger partial charge < -0.3 is 9.30 Å². The van der Waals surface area contributed by atoms with Crippen molar-refractivity contribution in [3.05, 3.63) is 88.1 Å². The highest BCUT2D eigenvalue weighted by atomic mass is 19.2. The van der Waals surface area contributed by atoms with Crippen molar-refractivity contribution in [3.8, 4) is 11.4 Å². The van der Waals surface area contributed by atoms with Crippen molar-refractivity contribution in [2.45, 2.75) is 25.4 Å². The van der Waals surface area contributed by atoms with Gasteiger partial charge in [-0.05, 0) is 54.8 Å². The molecule has 2 heterocycles. The molecule has 1 fully saturated rings. The molecule has 152 valence electrons. The number of halogens is 2. The summed E-state index contributed by atoms with van der Waals surface area (Å²) in [5.74, 6) is 0.159. The van der Waals surface area contributed by atoms with Crippen LogP contribution in [0.5, 0.6) is 5.75 Å². The van der Waals surface area contributed by atoms with E-state index < -0.39 is 11.6 Å². The van der Waals surface area contributed by atoms with E-state index >= 15 is 0 Å². The molecule has 0 bridgehead atoms. The van der Waals surface area contributed by atoms with Gasteiger partial charge in [0.2, 0.25) is 0 Å². The minimum Gasteiger partial charge on any atom is -0.489 e. The van der Waals surface area contributed by atoms with Crippen molar-refractivity contribution in [2.75, 3.05) is 0 Å². The SMILES string of the molecule is Cn1c(C2CC2)nc2ccc(-n3ccc(OCc4ccc(F)c(F)c4)cc3=O)cc21. The Labute approximate surface area is 171 Å². The van der Waals surface area contributed by atoms with E-state index in [-0.39, 0.29) is 12.2 Å². The molecule has 4 aromatic rings. The van der Waals surface area contributed by atoms with E-state index in [9.17, 15) is 13.6 Å². The fourth-order valence-electron chi connectivity index (χ4n) is 3.61. The molecule has 2 aromatic heterocycles. The van der Waals surface area contributed by atoms with Crippen LogP contribution in [-0.4, -0.2) is 14.1 Å². The van der Waals surface area contributed by atoms with Crippen LogP contribution in [0.1, 0.15) is 30.1 Å². The summed E-state index contributed by atoms with van der Waals surface area (Å²) >= 11 is 0. The van der Waals surface area contributed by atoms with E-state index in [1.807, 2.05) is 25.2 Å². The Morgan fingerprint density at radius 2 is 1.90 bits per heavy atom. The van der Waals surface area contributed by atoms with Gasteiger partial charge in [-0.3, -0.25) is 9.36 Å². The second-order valence-electron chi connectivity index (χ2n) is 7.58. The predicted octanol–water partition coefficient (Wildman–Crippen LogP) is 4.46. The molecule has 0 saturated heterocycles. The van der Waals surface area contributed by atoms with Gasteiger partial charge in [-0.2, -0.15) is 0 Å². The number of hydrogen-bond acceptors (Lipinski definition) is 3.